The third-order valence-electron chi connectivity index (χ3n) is 0. The van der Waals surface area contributed by atoms with Gasteiger partial charge < -0.3 is 0 Å². The summed E-state index contributed by atoms with van der Waals surface area (Å²) in [5, 5.41) is 0. The Kier molecular flexibility index (Phi) is 10.2. The van der Waals surface area contributed by atoms with Gasteiger partial charge in [-0.25, -0.2) is 0 Å². The molecule has 52 valence electrons. The van der Waals surface area contributed by atoms with Gasteiger partial charge in [0.05, 0.1) is 0 Å². The average molecular weight is 211 g/mol. The van der Waals surface area contributed by atoms with Gasteiger partial charge in [0.25, 0.3) is 11.4 Å². The van der Waals surface area contributed by atoms with Crippen LogP contribution in [0.5, 0.6) is 0 Å². The molecule has 8 heavy (non-hydrogen) atoms. The van der Waals surface area contributed by atoms with E-state index in [4.69, 9.17) is 25.5 Å². The Labute approximate surface area is 52.0 Å². The Morgan fingerprint density at radius 1 is 1.25 bits per heavy atom. The Balaban J connectivity index is 0. The number of hydrogen-bond donors (Lipinski definition) is 4. The molecule has 0 saturated heterocycles. The maximum absolute atomic E-state index is 8.76. The molecule has 0 heterocycles. The first-order valence-corrected chi connectivity index (χ1v) is 4.36. The van der Waals surface area contributed by atoms with Gasteiger partial charge in [-0.2, -0.15) is 4.21 Å². The van der Waals surface area contributed by atoms with Crippen LogP contribution in [-0.4, -0.2) is 36.2 Å². The Morgan fingerprint density at radius 3 is 1.25 bits per heavy atom. The van der Waals surface area contributed by atoms with Gasteiger partial charge in [-0.3, -0.25) is 9.11 Å². The van der Waals surface area contributed by atoms with Crippen molar-refractivity contribution in [1.82, 2.24) is 0 Å². The predicted octanol–water partition coefficient (Wildman–Crippen LogP) is -1.93. The molecule has 0 aromatic carbocycles. The monoisotopic (exact) mass is 212 g/mol. The topological polar surface area (TPSA) is 115 Å². The summed E-state index contributed by atoms with van der Waals surface area (Å²) in [6.45, 7) is 0. The van der Waals surface area contributed by atoms with Gasteiger partial charge in [-0.05, 0) is 0 Å². The second kappa shape index (κ2) is 7.31. The summed E-state index contributed by atoms with van der Waals surface area (Å²) in [5.74, 6) is 0. The van der Waals surface area contributed by atoms with Gasteiger partial charge in [0, 0.05) is 0 Å². The van der Waals surface area contributed by atoms with Crippen LogP contribution in [0.2, 0.25) is 0 Å². The van der Waals surface area contributed by atoms with Crippen LogP contribution >= 0.6 is 0 Å². The second-order valence-corrected chi connectivity index (χ2v) is 1.89. The third-order valence-corrected chi connectivity index (χ3v) is 0. The van der Waals surface area contributed by atoms with Crippen LogP contribution < -0.4 is 0 Å². The molecular formula is H4O6SSe. The van der Waals surface area contributed by atoms with E-state index in [0.717, 1.165) is 0 Å². The van der Waals surface area contributed by atoms with Crippen LogP contribution in [-0.2, 0) is 15.2 Å². The molecule has 0 aromatic rings. The van der Waals surface area contributed by atoms with E-state index in [2.05, 4.69) is 0 Å². The van der Waals surface area contributed by atoms with Gasteiger partial charge >= 0.3 is 26.7 Å². The molecule has 4 N–H and O–H groups in total. The third kappa shape index (κ3) is 1860. The number of hydrogen-bond acceptors (Lipinski definition) is 2. The zero-order valence-electron chi connectivity index (χ0n) is 3.42. The molecule has 0 aliphatic rings. The van der Waals surface area contributed by atoms with Gasteiger partial charge in [0.2, 0.25) is 0 Å². The molecule has 0 fully saturated rings. The summed E-state index contributed by atoms with van der Waals surface area (Å²) < 4.78 is 46.0. The molecule has 6 nitrogen and oxygen atoms in total. The molecule has 0 amide bonds. The molecule has 8 heteroatoms. The van der Waals surface area contributed by atoms with E-state index in [1.165, 1.54) is 0 Å². The maximum atomic E-state index is 8.76. The molecule has 0 radical (unpaired) electrons. The quantitative estimate of drug-likeness (QED) is 0.274. The first-order valence-electron chi connectivity index (χ1n) is 1.06. The minimum absolute atomic E-state index is 2.61. The van der Waals surface area contributed by atoms with Crippen LogP contribution in [0.15, 0.2) is 0 Å². The van der Waals surface area contributed by atoms with E-state index in [1.54, 1.807) is 0 Å². The molecule has 0 rings (SSSR count). The van der Waals surface area contributed by atoms with Crippen LogP contribution in [0, 0.1) is 0 Å². The van der Waals surface area contributed by atoms with Crippen molar-refractivity contribution in [1.29, 1.82) is 0 Å². The van der Waals surface area contributed by atoms with E-state index in [-0.39, 0.29) is 0 Å². The summed E-state index contributed by atoms with van der Waals surface area (Å²) in [6, 6.07) is 0. The second-order valence-electron chi connectivity index (χ2n) is 0.461. The molecular weight excluding hydrogens is 207 g/mol. The molecule has 0 unspecified atom stereocenters. The van der Waals surface area contributed by atoms with Crippen molar-refractivity contribution >= 4 is 25.9 Å². The van der Waals surface area contributed by atoms with Gasteiger partial charge in [-0.1, -0.05) is 0 Å². The fourth-order valence-corrected chi connectivity index (χ4v) is 0. The molecule has 0 atom stereocenters. The van der Waals surface area contributed by atoms with Gasteiger partial charge in [-0.15, -0.1) is 0 Å². The molecule has 0 aromatic heterocycles. The average Bonchev–Trinajstić information content (AvgIpc) is 1.25. The van der Waals surface area contributed by atoms with E-state index in [1.807, 2.05) is 0 Å². The Morgan fingerprint density at radius 2 is 1.25 bits per heavy atom. The summed E-state index contributed by atoms with van der Waals surface area (Å²) in [6.07, 6.45) is 0. The molecule has 0 spiro atoms. The summed E-state index contributed by atoms with van der Waals surface area (Å²) in [4.78, 5) is 0. The first kappa shape index (κ1) is 11.2. The van der Waals surface area contributed by atoms with Crippen LogP contribution in [0.4, 0.5) is 0 Å². The van der Waals surface area contributed by atoms with Crippen molar-refractivity contribution < 1.29 is 25.5 Å². The first-order chi connectivity index (χ1) is 3.46. The Hall–Kier alpha value is 0.309. The minimum atomic E-state index is -3.29. The van der Waals surface area contributed by atoms with Crippen molar-refractivity contribution in [3.63, 3.8) is 0 Å². The molecule has 0 bridgehead atoms. The van der Waals surface area contributed by atoms with Gasteiger partial charge in [0.15, 0.2) is 0 Å². The number of rotatable bonds is 0. The van der Waals surface area contributed by atoms with Gasteiger partial charge in [0.1, 0.15) is 0 Å². The summed E-state index contributed by atoms with van der Waals surface area (Å²) >= 11 is -5.90. The van der Waals surface area contributed by atoms with E-state index in [9.17, 15) is 0 Å². The Bertz CT molecular complexity index is 66.5. The molecule has 0 aliphatic carbocycles. The van der Waals surface area contributed by atoms with Crippen LogP contribution in [0.1, 0.15) is 0 Å². The SMILES string of the molecule is O=S(O)O.O=[Se](O)O. The van der Waals surface area contributed by atoms with Crippen molar-refractivity contribution in [3.05, 3.63) is 0 Å². The molecule has 0 aliphatic heterocycles. The van der Waals surface area contributed by atoms with E-state index < -0.39 is 25.9 Å². The summed E-state index contributed by atoms with van der Waals surface area (Å²) in [5.41, 5.74) is 0. The van der Waals surface area contributed by atoms with Crippen LogP contribution in [0.3, 0.4) is 0 Å². The fourth-order valence-electron chi connectivity index (χ4n) is 0. The van der Waals surface area contributed by atoms with E-state index in [0.29, 0.717) is 0 Å². The standard InChI is InChI=1S/H2O3S.H2O3Se/c2*1-4(2)3/h2*(H2,1,2,3). The van der Waals surface area contributed by atoms with Crippen molar-refractivity contribution in [3.8, 4) is 0 Å². The normalized spacial score (nSPS) is 8.75. The predicted molar refractivity (Wildman–Crippen MR) is 24.3 cm³/mol. The zero-order valence-corrected chi connectivity index (χ0v) is 5.95. The van der Waals surface area contributed by atoms with Crippen LogP contribution in [0.25, 0.3) is 0 Å². The molecule has 0 saturated carbocycles. The van der Waals surface area contributed by atoms with Crippen molar-refractivity contribution in [2.75, 3.05) is 0 Å². The zero-order chi connectivity index (χ0) is 7.15. The fraction of sp³-hybridized carbons (Fsp3) is 0. The van der Waals surface area contributed by atoms with Crippen molar-refractivity contribution in [2.24, 2.45) is 0 Å². The van der Waals surface area contributed by atoms with Crippen molar-refractivity contribution in [2.45, 2.75) is 0 Å². The summed E-state index contributed by atoms with van der Waals surface area (Å²) in [7, 11) is 0. The van der Waals surface area contributed by atoms with E-state index >= 15 is 0 Å².